The number of hydrogen-bond acceptors (Lipinski definition) is 2. The third-order valence-corrected chi connectivity index (χ3v) is 4.56. The summed E-state index contributed by atoms with van der Waals surface area (Å²) in [5, 5.41) is 0. The fraction of sp³-hybridized carbons (Fsp3) is 0.867. The molecule has 1 rings (SSSR count). The molecule has 1 aliphatic rings. The normalized spacial score (nSPS) is 28.2. The second-order valence-corrected chi connectivity index (χ2v) is 6.43. The van der Waals surface area contributed by atoms with Crippen LogP contribution in [0.1, 0.15) is 59.8 Å². The van der Waals surface area contributed by atoms with Crippen molar-refractivity contribution in [2.75, 3.05) is 0 Å². The summed E-state index contributed by atoms with van der Waals surface area (Å²) in [5.74, 6) is 2.29. The molecule has 0 aromatic carbocycles. The number of ketones is 1. The van der Waals surface area contributed by atoms with E-state index in [2.05, 4.69) is 20.8 Å². The first-order valence-electron chi connectivity index (χ1n) is 6.81. The van der Waals surface area contributed by atoms with Crippen molar-refractivity contribution in [1.29, 1.82) is 0 Å². The van der Waals surface area contributed by atoms with Gasteiger partial charge in [0, 0.05) is 12.8 Å². The average molecular weight is 238 g/mol. The lowest BCUT2D eigenvalue weighted by Crippen LogP contribution is -2.46. The van der Waals surface area contributed by atoms with Gasteiger partial charge in [0.25, 0.3) is 0 Å². The summed E-state index contributed by atoms with van der Waals surface area (Å²) < 4.78 is 0. The summed E-state index contributed by atoms with van der Waals surface area (Å²) in [6.07, 6.45) is 5.68. The van der Waals surface area contributed by atoms with Crippen LogP contribution in [0.25, 0.3) is 0 Å². The molecular weight excluding hydrogens is 212 g/mol. The lowest BCUT2D eigenvalue weighted by molar-refractivity contribution is -0.119. The van der Waals surface area contributed by atoms with E-state index in [1.165, 1.54) is 6.42 Å². The van der Waals surface area contributed by atoms with E-state index in [9.17, 15) is 9.59 Å². The van der Waals surface area contributed by atoms with Crippen molar-refractivity contribution in [3.05, 3.63) is 0 Å². The van der Waals surface area contributed by atoms with Gasteiger partial charge in [-0.15, -0.1) is 0 Å². The Kier molecular flexibility index (Phi) is 4.91. The van der Waals surface area contributed by atoms with E-state index in [4.69, 9.17) is 0 Å². The predicted molar refractivity (Wildman–Crippen MR) is 69.8 cm³/mol. The molecule has 1 saturated carbocycles. The maximum absolute atomic E-state index is 11.1. The number of rotatable bonds is 7. The van der Waals surface area contributed by atoms with Crippen LogP contribution in [0.5, 0.6) is 0 Å². The molecule has 0 saturated heterocycles. The van der Waals surface area contributed by atoms with Crippen LogP contribution in [-0.2, 0) is 9.59 Å². The molecule has 0 aromatic heterocycles. The molecule has 2 nitrogen and oxygen atoms in total. The second-order valence-electron chi connectivity index (χ2n) is 6.43. The summed E-state index contributed by atoms with van der Waals surface area (Å²) in [5.41, 5.74) is 0.384. The molecule has 0 spiro atoms. The van der Waals surface area contributed by atoms with Gasteiger partial charge < -0.3 is 9.59 Å². The summed E-state index contributed by atoms with van der Waals surface area (Å²) in [4.78, 5) is 21.5. The zero-order valence-electron chi connectivity index (χ0n) is 11.7. The molecule has 0 radical (unpaired) electrons. The van der Waals surface area contributed by atoms with Crippen LogP contribution in [0.15, 0.2) is 0 Å². The Morgan fingerprint density at radius 3 is 2.59 bits per heavy atom. The minimum atomic E-state index is 0.298. The van der Waals surface area contributed by atoms with Crippen molar-refractivity contribution >= 4 is 12.1 Å². The molecule has 0 N–H and O–H groups in total. The van der Waals surface area contributed by atoms with Crippen molar-refractivity contribution in [2.45, 2.75) is 59.8 Å². The van der Waals surface area contributed by atoms with Crippen molar-refractivity contribution in [1.82, 2.24) is 0 Å². The molecule has 0 amide bonds. The van der Waals surface area contributed by atoms with E-state index in [1.54, 1.807) is 6.92 Å². The Labute approximate surface area is 105 Å². The highest BCUT2D eigenvalue weighted by molar-refractivity contribution is 5.75. The molecule has 17 heavy (non-hydrogen) atoms. The van der Waals surface area contributed by atoms with Crippen molar-refractivity contribution in [3.63, 3.8) is 0 Å². The van der Waals surface area contributed by atoms with Gasteiger partial charge >= 0.3 is 0 Å². The van der Waals surface area contributed by atoms with Crippen molar-refractivity contribution in [2.24, 2.45) is 23.2 Å². The van der Waals surface area contributed by atoms with Gasteiger partial charge in [-0.3, -0.25) is 0 Å². The smallest absolute Gasteiger partial charge is 0.129 e. The highest BCUT2D eigenvalue weighted by Crippen LogP contribution is 2.56. The molecule has 0 unspecified atom stereocenters. The fourth-order valence-corrected chi connectivity index (χ4v) is 3.43. The van der Waals surface area contributed by atoms with E-state index in [1.807, 2.05) is 0 Å². The Balaban J connectivity index is 2.49. The van der Waals surface area contributed by atoms with Gasteiger partial charge in [0.05, 0.1) is 0 Å². The molecule has 1 aliphatic carbocycles. The zero-order chi connectivity index (χ0) is 13.1. The maximum Gasteiger partial charge on any atom is 0.129 e. The summed E-state index contributed by atoms with van der Waals surface area (Å²) in [7, 11) is 0. The molecule has 1 fully saturated rings. The van der Waals surface area contributed by atoms with Crippen LogP contribution in [0.3, 0.4) is 0 Å². The minimum absolute atomic E-state index is 0.298. The fourth-order valence-electron chi connectivity index (χ4n) is 3.43. The van der Waals surface area contributed by atoms with Gasteiger partial charge in [-0.05, 0) is 49.4 Å². The lowest BCUT2D eigenvalue weighted by atomic mass is 9.51. The van der Waals surface area contributed by atoms with Crippen LogP contribution < -0.4 is 0 Å². The molecule has 0 aliphatic heterocycles. The molecule has 0 heterocycles. The molecular formula is C15H26O2. The standard InChI is InChI=1S/C15H26O2/c1-11(6-5-9-16)13-10-15(3,4)14(13)8-7-12(2)17/h9,11,13-14H,5-8,10H2,1-4H3/t11-,13+,14+/m0/s1. The molecule has 98 valence electrons. The van der Waals surface area contributed by atoms with Crippen molar-refractivity contribution in [3.8, 4) is 0 Å². The van der Waals surface area contributed by atoms with Crippen LogP contribution in [0.4, 0.5) is 0 Å². The van der Waals surface area contributed by atoms with E-state index < -0.39 is 0 Å². The quantitative estimate of drug-likeness (QED) is 0.635. The zero-order valence-corrected chi connectivity index (χ0v) is 11.7. The number of Topliss-reactive ketones (excluding diaryl/α,β-unsaturated/α-hetero) is 1. The van der Waals surface area contributed by atoms with Crippen molar-refractivity contribution < 1.29 is 9.59 Å². The highest BCUT2D eigenvalue weighted by atomic mass is 16.1. The summed E-state index contributed by atoms with van der Waals surface area (Å²) in [6.45, 7) is 8.54. The molecule has 3 atom stereocenters. The predicted octanol–water partition coefficient (Wildman–Crippen LogP) is 3.63. The number of carbonyl (C=O) groups excluding carboxylic acids is 2. The first-order chi connectivity index (χ1) is 7.88. The maximum atomic E-state index is 11.1. The van der Waals surface area contributed by atoms with Crippen LogP contribution >= 0.6 is 0 Å². The van der Waals surface area contributed by atoms with E-state index in [0.717, 1.165) is 19.1 Å². The summed E-state index contributed by atoms with van der Waals surface area (Å²) in [6, 6.07) is 0. The Morgan fingerprint density at radius 2 is 2.12 bits per heavy atom. The third-order valence-electron chi connectivity index (χ3n) is 4.56. The number of aldehydes is 1. The lowest BCUT2D eigenvalue weighted by Gasteiger charge is -2.54. The van der Waals surface area contributed by atoms with Gasteiger partial charge in [-0.1, -0.05) is 20.8 Å². The topological polar surface area (TPSA) is 34.1 Å². The summed E-state index contributed by atoms with van der Waals surface area (Å²) >= 11 is 0. The monoisotopic (exact) mass is 238 g/mol. The van der Waals surface area contributed by atoms with Gasteiger partial charge in [0.1, 0.15) is 12.1 Å². The van der Waals surface area contributed by atoms with Crippen LogP contribution in [0.2, 0.25) is 0 Å². The first kappa shape index (κ1) is 14.4. The highest BCUT2D eigenvalue weighted by Gasteiger charge is 2.48. The van der Waals surface area contributed by atoms with E-state index in [0.29, 0.717) is 41.8 Å². The largest absolute Gasteiger partial charge is 0.303 e. The van der Waals surface area contributed by atoms with E-state index in [-0.39, 0.29) is 0 Å². The second kappa shape index (κ2) is 5.79. The Bertz CT molecular complexity index is 281. The third kappa shape index (κ3) is 3.65. The molecule has 2 heteroatoms. The number of hydrogen-bond donors (Lipinski definition) is 0. The van der Waals surface area contributed by atoms with Crippen LogP contribution in [-0.4, -0.2) is 12.1 Å². The van der Waals surface area contributed by atoms with Crippen LogP contribution in [0, 0.1) is 23.2 Å². The molecule has 0 aromatic rings. The van der Waals surface area contributed by atoms with Gasteiger partial charge in [-0.2, -0.15) is 0 Å². The first-order valence-corrected chi connectivity index (χ1v) is 6.81. The minimum Gasteiger partial charge on any atom is -0.303 e. The van der Waals surface area contributed by atoms with E-state index >= 15 is 0 Å². The number of carbonyl (C=O) groups is 2. The SMILES string of the molecule is CC(=O)CC[C@@H]1[C@@H]([C@@H](C)CCC=O)CC1(C)C. The average Bonchev–Trinajstić information content (AvgIpc) is 2.22. The van der Waals surface area contributed by atoms with Gasteiger partial charge in [-0.25, -0.2) is 0 Å². The van der Waals surface area contributed by atoms with Gasteiger partial charge in [0.15, 0.2) is 0 Å². The van der Waals surface area contributed by atoms with Gasteiger partial charge in [0.2, 0.25) is 0 Å². The molecule has 0 bridgehead atoms. The Hall–Kier alpha value is -0.660. The Morgan fingerprint density at radius 1 is 1.47 bits per heavy atom.